The van der Waals surface area contributed by atoms with Gasteiger partial charge in [-0.25, -0.2) is 0 Å². The van der Waals surface area contributed by atoms with Crippen LogP contribution < -0.4 is 17.0 Å². The van der Waals surface area contributed by atoms with Crippen LogP contribution in [0.25, 0.3) is 0 Å². The smallest absolute Gasteiger partial charge is 1.00 e. The minimum atomic E-state index is -3.53. The first-order valence-electron chi connectivity index (χ1n) is 8.36. The average Bonchev–Trinajstić information content (AvgIpc) is 2.59. The number of rotatable bonds is 16. The Hall–Kier alpha value is 2.95. The third-order valence-electron chi connectivity index (χ3n) is 2.73. The van der Waals surface area contributed by atoms with Gasteiger partial charge >= 0.3 is 30.6 Å². The van der Waals surface area contributed by atoms with Crippen molar-refractivity contribution in [2.24, 2.45) is 0 Å². The molecular formula is C14H31BrMgO6P2S4. The molecule has 0 rings (SSSR count). The van der Waals surface area contributed by atoms with Gasteiger partial charge in [-0.15, -0.1) is 23.5 Å². The molecule has 1 unspecified atom stereocenters. The molecule has 14 heteroatoms. The fourth-order valence-electron chi connectivity index (χ4n) is 1.90. The molecule has 0 aliphatic carbocycles. The summed E-state index contributed by atoms with van der Waals surface area (Å²) in [4.78, 5) is 0. The van der Waals surface area contributed by atoms with E-state index in [1.807, 2.05) is 13.2 Å². The molecule has 1 atom stereocenters. The van der Waals surface area contributed by atoms with Crippen molar-refractivity contribution in [3.05, 3.63) is 4.32 Å². The van der Waals surface area contributed by atoms with Crippen molar-refractivity contribution in [1.82, 2.24) is 0 Å². The second-order valence-corrected chi connectivity index (χ2v) is 15.6. The standard InChI is InChI=1S/C14H31O6P2S4.BrH.Mg/c1-8-17-21(15,18-9-2)13(23-6)26-14(24-7,25-12-5)22(16,19-10-3)20-11-4;;/h8-12H2,1-7H3;1H;/q-1;;+2/p-1. The molecule has 0 heterocycles. The first kappa shape index (κ1) is 35.5. The summed E-state index contributed by atoms with van der Waals surface area (Å²) in [6.07, 6.45) is 3.66. The molecule has 166 valence electrons. The van der Waals surface area contributed by atoms with Crippen molar-refractivity contribution < 1.29 is 44.2 Å². The first-order chi connectivity index (χ1) is 12.3. The van der Waals surface area contributed by atoms with E-state index in [0.717, 1.165) is 0 Å². The predicted octanol–water partition coefficient (Wildman–Crippen LogP) is 3.41. The third kappa shape index (κ3) is 9.83. The second-order valence-electron chi connectivity index (χ2n) is 4.40. The zero-order valence-corrected chi connectivity index (χ0v) is 25.7. The van der Waals surface area contributed by atoms with Gasteiger partial charge in [0.15, 0.2) is 3.15 Å². The Bertz CT molecular complexity index is 477. The molecule has 0 N–H and O–H groups in total. The normalized spacial score (nSPS) is 14.3. The summed E-state index contributed by atoms with van der Waals surface area (Å²) in [5.41, 5.74) is 0. The van der Waals surface area contributed by atoms with E-state index in [4.69, 9.17) is 18.1 Å². The summed E-state index contributed by atoms with van der Waals surface area (Å²) >= 11 is 5.32. The Labute approximate surface area is 214 Å². The second kappa shape index (κ2) is 18.4. The van der Waals surface area contributed by atoms with Crippen molar-refractivity contribution in [1.29, 1.82) is 0 Å². The molecule has 0 amide bonds. The Morgan fingerprint density at radius 1 is 0.857 bits per heavy atom. The largest absolute Gasteiger partial charge is 2.00 e. The SMILES string of the molecule is CCOP(=O)(OCC)[C-](SC)SC(SC)(SCC)P(=O)(OCC)OCC.[Br-].[Mg+2]. The Kier molecular flexibility index (Phi) is 23.3. The zero-order chi connectivity index (χ0) is 20.3. The van der Waals surface area contributed by atoms with Gasteiger partial charge < -0.3 is 46.8 Å². The molecule has 6 nitrogen and oxygen atoms in total. The molecule has 0 aliphatic heterocycles. The quantitative estimate of drug-likeness (QED) is 0.116. The maximum Gasteiger partial charge on any atom is 2.00 e. The van der Waals surface area contributed by atoms with Crippen molar-refractivity contribution in [3.8, 4) is 0 Å². The molecule has 0 fully saturated rings. The monoisotopic (exact) mass is 588 g/mol. The van der Waals surface area contributed by atoms with Gasteiger partial charge in [-0.3, -0.25) is 20.9 Å². The van der Waals surface area contributed by atoms with E-state index in [0.29, 0.717) is 10.1 Å². The minimum Gasteiger partial charge on any atom is -1.00 e. The van der Waals surface area contributed by atoms with Crippen LogP contribution in [0.2, 0.25) is 0 Å². The summed E-state index contributed by atoms with van der Waals surface area (Å²) in [5.74, 6) is 0.688. The summed E-state index contributed by atoms with van der Waals surface area (Å²) in [6.45, 7) is 10.1. The third-order valence-corrected chi connectivity index (χ3v) is 16.5. The van der Waals surface area contributed by atoms with E-state index in [9.17, 15) is 9.13 Å². The molecule has 0 aliphatic rings. The number of halogens is 1. The summed E-state index contributed by atoms with van der Waals surface area (Å²) in [5, 5.41) is 0. The number of hydrogen-bond donors (Lipinski definition) is 0. The van der Waals surface area contributed by atoms with Crippen molar-refractivity contribution in [2.75, 3.05) is 44.7 Å². The average molecular weight is 590 g/mol. The van der Waals surface area contributed by atoms with Gasteiger partial charge in [-0.2, -0.15) is 0 Å². The molecule has 0 aromatic rings. The summed E-state index contributed by atoms with van der Waals surface area (Å²) < 4.78 is 48.6. The van der Waals surface area contributed by atoms with E-state index in [1.165, 1.54) is 47.0 Å². The maximum atomic E-state index is 13.6. The minimum absolute atomic E-state index is 0. The van der Waals surface area contributed by atoms with Crippen LogP contribution in [0.15, 0.2) is 0 Å². The van der Waals surface area contributed by atoms with Crippen molar-refractivity contribution >= 4 is 85.3 Å². The first-order valence-corrected chi connectivity index (χ1v) is 15.7. The molecular weight excluding hydrogens is 559 g/mol. The van der Waals surface area contributed by atoms with Crippen LogP contribution in [0, 0.1) is 4.32 Å². The molecule has 0 saturated heterocycles. The van der Waals surface area contributed by atoms with Gasteiger partial charge in [0.25, 0.3) is 0 Å². The van der Waals surface area contributed by atoms with Crippen LogP contribution in [-0.2, 0) is 27.2 Å². The van der Waals surface area contributed by atoms with Gasteiger partial charge in [0.05, 0.1) is 26.4 Å². The van der Waals surface area contributed by atoms with Gasteiger partial charge in [0, 0.05) is 0 Å². The molecule has 0 spiro atoms. The van der Waals surface area contributed by atoms with Gasteiger partial charge in [-0.05, 0) is 46.0 Å². The molecule has 0 aromatic heterocycles. The Morgan fingerprint density at radius 2 is 1.29 bits per heavy atom. The van der Waals surface area contributed by atoms with Crippen LogP contribution in [-0.4, -0.2) is 70.9 Å². The predicted molar refractivity (Wildman–Crippen MR) is 126 cm³/mol. The van der Waals surface area contributed by atoms with Crippen molar-refractivity contribution in [2.45, 2.75) is 37.8 Å². The number of hydrogen-bond acceptors (Lipinski definition) is 10. The van der Waals surface area contributed by atoms with Crippen molar-refractivity contribution in [3.63, 3.8) is 0 Å². The molecule has 0 bridgehead atoms. The molecule has 0 radical (unpaired) electrons. The van der Waals surface area contributed by atoms with Gasteiger partial charge in [-0.1, -0.05) is 11.2 Å². The van der Waals surface area contributed by atoms with Crippen LogP contribution in [0.3, 0.4) is 0 Å². The maximum absolute atomic E-state index is 13.6. The van der Waals surface area contributed by atoms with E-state index < -0.39 is 18.3 Å². The van der Waals surface area contributed by atoms with E-state index in [1.54, 1.807) is 34.0 Å². The summed E-state index contributed by atoms with van der Waals surface area (Å²) in [6, 6.07) is 0. The van der Waals surface area contributed by atoms with Crippen LogP contribution >= 0.6 is 62.2 Å². The topological polar surface area (TPSA) is 71.1 Å². The fraction of sp³-hybridized carbons (Fsp3) is 0.929. The van der Waals surface area contributed by atoms with Gasteiger partial charge in [0.1, 0.15) is 0 Å². The molecule has 28 heavy (non-hydrogen) atoms. The van der Waals surface area contributed by atoms with E-state index in [-0.39, 0.29) is 66.5 Å². The van der Waals surface area contributed by atoms with E-state index in [2.05, 4.69) is 0 Å². The zero-order valence-electron chi connectivity index (χ0n) is 17.6. The summed E-state index contributed by atoms with van der Waals surface area (Å²) in [7, 11) is -7.02. The Balaban J connectivity index is -0.00000312. The van der Waals surface area contributed by atoms with E-state index >= 15 is 0 Å². The fourth-order valence-corrected chi connectivity index (χ4v) is 14.5. The molecule has 0 aromatic carbocycles. The van der Waals surface area contributed by atoms with Crippen LogP contribution in [0.5, 0.6) is 0 Å². The van der Waals surface area contributed by atoms with Crippen LogP contribution in [0.1, 0.15) is 34.6 Å². The Morgan fingerprint density at radius 3 is 1.57 bits per heavy atom. The van der Waals surface area contributed by atoms with Gasteiger partial charge in [0.2, 0.25) is 7.60 Å². The molecule has 0 saturated carbocycles. The van der Waals surface area contributed by atoms with Crippen LogP contribution in [0.4, 0.5) is 0 Å². The number of thioether (sulfide) groups is 4.